The number of nitrogens with zero attached hydrogens (tertiary/aromatic N) is 1. The van der Waals surface area contributed by atoms with Gasteiger partial charge in [-0.15, -0.1) is 0 Å². The van der Waals surface area contributed by atoms with Crippen LogP contribution >= 0.6 is 0 Å². The van der Waals surface area contributed by atoms with Crippen LogP contribution in [-0.2, 0) is 23.2 Å². The van der Waals surface area contributed by atoms with Crippen molar-refractivity contribution in [3.05, 3.63) is 70.1 Å². The predicted molar refractivity (Wildman–Crippen MR) is 97.2 cm³/mol. The van der Waals surface area contributed by atoms with Crippen LogP contribution in [-0.4, -0.2) is 17.0 Å². The number of hydrogen-bond acceptors (Lipinski definition) is 2. The molecule has 0 atom stereocenters. The fourth-order valence-corrected chi connectivity index (χ4v) is 2.47. The summed E-state index contributed by atoms with van der Waals surface area (Å²) in [5.74, 6) is -0.0305. The number of pyridine rings is 1. The van der Waals surface area contributed by atoms with Crippen molar-refractivity contribution in [2.45, 2.75) is 45.6 Å². The molecule has 0 aliphatic rings. The van der Waals surface area contributed by atoms with Crippen LogP contribution in [0, 0.1) is 0 Å². The molecule has 1 heterocycles. The Balaban J connectivity index is 1.75. The molecule has 2 aromatic rings. The third-order valence-corrected chi connectivity index (χ3v) is 4.03. The van der Waals surface area contributed by atoms with Crippen LogP contribution in [0.15, 0.2) is 53.5 Å². The highest BCUT2D eigenvalue weighted by molar-refractivity contribution is 5.75. The van der Waals surface area contributed by atoms with E-state index in [0.29, 0.717) is 19.5 Å². The van der Waals surface area contributed by atoms with Crippen molar-refractivity contribution in [2.24, 2.45) is 0 Å². The molecule has 0 bridgehead atoms. The summed E-state index contributed by atoms with van der Waals surface area (Å²) in [5.41, 5.74) is 2.60. The van der Waals surface area contributed by atoms with E-state index in [9.17, 15) is 9.59 Å². The quantitative estimate of drug-likeness (QED) is 0.887. The third-order valence-electron chi connectivity index (χ3n) is 4.03. The lowest BCUT2D eigenvalue weighted by Crippen LogP contribution is -2.28. The van der Waals surface area contributed by atoms with E-state index >= 15 is 0 Å². The number of amides is 1. The first-order valence-corrected chi connectivity index (χ1v) is 8.38. The molecule has 0 fully saturated rings. The zero-order valence-corrected chi connectivity index (χ0v) is 14.7. The van der Waals surface area contributed by atoms with Gasteiger partial charge in [0.25, 0.3) is 5.56 Å². The average Bonchev–Trinajstić information content (AvgIpc) is 2.54. The summed E-state index contributed by atoms with van der Waals surface area (Å²) in [6, 6.07) is 13.5. The van der Waals surface area contributed by atoms with Crippen LogP contribution in [0.5, 0.6) is 0 Å². The zero-order valence-electron chi connectivity index (χ0n) is 14.7. The lowest BCUT2D eigenvalue weighted by atomic mass is 9.86. The Morgan fingerprint density at radius 2 is 1.79 bits per heavy atom. The van der Waals surface area contributed by atoms with Gasteiger partial charge in [-0.05, 0) is 29.0 Å². The molecule has 0 radical (unpaired) electrons. The molecule has 0 saturated heterocycles. The number of carbonyl (C=O) groups excluding carboxylic acids is 1. The van der Waals surface area contributed by atoms with Crippen molar-refractivity contribution in [1.82, 2.24) is 9.88 Å². The maximum absolute atomic E-state index is 11.9. The second kappa shape index (κ2) is 7.95. The molecule has 1 aromatic heterocycles. The van der Waals surface area contributed by atoms with Gasteiger partial charge in [-0.2, -0.15) is 0 Å². The summed E-state index contributed by atoms with van der Waals surface area (Å²) in [6.45, 7) is 7.60. The number of carbonyl (C=O) groups is 1. The van der Waals surface area contributed by atoms with Gasteiger partial charge in [0.05, 0.1) is 0 Å². The lowest BCUT2D eigenvalue weighted by molar-refractivity contribution is -0.121. The summed E-state index contributed by atoms with van der Waals surface area (Å²) in [4.78, 5) is 23.4. The Morgan fingerprint density at radius 1 is 1.08 bits per heavy atom. The molecule has 0 saturated carbocycles. The number of aryl methyl sites for hydroxylation is 1. The SMILES string of the molecule is CC(C)(C)c1ccc(CCNC(=O)CCn2ccccc2=O)cc1. The number of nitrogens with one attached hydrogen (secondary N) is 1. The summed E-state index contributed by atoms with van der Waals surface area (Å²) in [5, 5.41) is 2.91. The van der Waals surface area contributed by atoms with Crippen LogP contribution in [0.3, 0.4) is 0 Å². The molecule has 1 aromatic carbocycles. The Hall–Kier alpha value is -2.36. The van der Waals surface area contributed by atoms with Crippen molar-refractivity contribution in [3.8, 4) is 0 Å². The Kier molecular flexibility index (Phi) is 5.96. The van der Waals surface area contributed by atoms with Gasteiger partial charge in [-0.3, -0.25) is 9.59 Å². The van der Waals surface area contributed by atoms with Gasteiger partial charge in [-0.25, -0.2) is 0 Å². The van der Waals surface area contributed by atoms with Gasteiger partial charge >= 0.3 is 0 Å². The van der Waals surface area contributed by atoms with Gasteiger partial charge in [-0.1, -0.05) is 51.1 Å². The minimum Gasteiger partial charge on any atom is -0.356 e. The first kappa shape index (κ1) is 18.0. The topological polar surface area (TPSA) is 51.1 Å². The molecule has 0 unspecified atom stereocenters. The van der Waals surface area contributed by atoms with Gasteiger partial charge in [0.1, 0.15) is 0 Å². The molecule has 0 spiro atoms. The van der Waals surface area contributed by atoms with Crippen molar-refractivity contribution in [1.29, 1.82) is 0 Å². The molecule has 1 N–H and O–H groups in total. The van der Waals surface area contributed by atoms with Crippen LogP contribution < -0.4 is 10.9 Å². The van der Waals surface area contributed by atoms with Crippen molar-refractivity contribution in [3.63, 3.8) is 0 Å². The summed E-state index contributed by atoms with van der Waals surface area (Å²) in [7, 11) is 0. The molecule has 2 rings (SSSR count). The van der Waals surface area contributed by atoms with E-state index < -0.39 is 0 Å². The van der Waals surface area contributed by atoms with E-state index in [-0.39, 0.29) is 16.9 Å². The summed E-state index contributed by atoms with van der Waals surface area (Å²) in [6.07, 6.45) is 2.82. The second-order valence-electron chi connectivity index (χ2n) is 7.03. The molecule has 0 aliphatic heterocycles. The van der Waals surface area contributed by atoms with Crippen LogP contribution in [0.2, 0.25) is 0 Å². The number of aromatic nitrogens is 1. The Bertz CT molecular complexity index is 724. The average molecular weight is 326 g/mol. The normalized spacial score (nSPS) is 11.3. The van der Waals surface area contributed by atoms with Crippen molar-refractivity contribution in [2.75, 3.05) is 6.54 Å². The number of rotatable bonds is 6. The van der Waals surface area contributed by atoms with E-state index in [1.807, 2.05) is 0 Å². The second-order valence-corrected chi connectivity index (χ2v) is 7.03. The fraction of sp³-hybridized carbons (Fsp3) is 0.400. The molecule has 1 amide bonds. The highest BCUT2D eigenvalue weighted by Gasteiger charge is 2.12. The standard InChI is InChI=1S/C20H26N2O2/c1-20(2,3)17-9-7-16(8-10-17)11-13-21-18(23)12-15-22-14-5-4-6-19(22)24/h4-10,14H,11-13,15H2,1-3H3,(H,21,23). The summed E-state index contributed by atoms with van der Waals surface area (Å²) < 4.78 is 1.55. The monoisotopic (exact) mass is 326 g/mol. The predicted octanol–water partition coefficient (Wildman–Crippen LogP) is 2.89. The van der Waals surface area contributed by atoms with Crippen molar-refractivity contribution < 1.29 is 4.79 Å². The van der Waals surface area contributed by atoms with Gasteiger partial charge in [0, 0.05) is 31.8 Å². The first-order valence-electron chi connectivity index (χ1n) is 8.38. The minimum atomic E-state index is -0.0794. The maximum Gasteiger partial charge on any atom is 0.250 e. The smallest absolute Gasteiger partial charge is 0.250 e. The molecule has 24 heavy (non-hydrogen) atoms. The molecule has 4 heteroatoms. The van der Waals surface area contributed by atoms with E-state index in [2.05, 4.69) is 50.4 Å². The fourth-order valence-electron chi connectivity index (χ4n) is 2.47. The Labute approximate surface area is 143 Å². The van der Waals surface area contributed by atoms with Gasteiger partial charge in [0.2, 0.25) is 5.91 Å². The van der Waals surface area contributed by atoms with E-state index in [4.69, 9.17) is 0 Å². The zero-order chi connectivity index (χ0) is 17.6. The highest BCUT2D eigenvalue weighted by atomic mass is 16.1. The van der Waals surface area contributed by atoms with E-state index in [0.717, 1.165) is 6.42 Å². The molecule has 0 aliphatic carbocycles. The van der Waals surface area contributed by atoms with Crippen LogP contribution in [0.4, 0.5) is 0 Å². The molecular formula is C20H26N2O2. The van der Waals surface area contributed by atoms with Gasteiger partial charge < -0.3 is 9.88 Å². The van der Waals surface area contributed by atoms with E-state index in [1.54, 1.807) is 22.9 Å². The molecule has 128 valence electrons. The molecular weight excluding hydrogens is 300 g/mol. The van der Waals surface area contributed by atoms with Gasteiger partial charge in [0.15, 0.2) is 0 Å². The number of benzene rings is 1. The molecule has 4 nitrogen and oxygen atoms in total. The van der Waals surface area contributed by atoms with Crippen LogP contribution in [0.1, 0.15) is 38.3 Å². The maximum atomic E-state index is 11.9. The minimum absolute atomic E-state index is 0.0305. The first-order chi connectivity index (χ1) is 11.4. The lowest BCUT2D eigenvalue weighted by Gasteiger charge is -2.19. The number of hydrogen-bond donors (Lipinski definition) is 1. The largest absolute Gasteiger partial charge is 0.356 e. The third kappa shape index (κ3) is 5.37. The van der Waals surface area contributed by atoms with Crippen LogP contribution in [0.25, 0.3) is 0 Å². The summed E-state index contributed by atoms with van der Waals surface area (Å²) >= 11 is 0. The van der Waals surface area contributed by atoms with E-state index in [1.165, 1.54) is 17.2 Å². The highest BCUT2D eigenvalue weighted by Crippen LogP contribution is 2.22. The Morgan fingerprint density at radius 3 is 2.42 bits per heavy atom. The van der Waals surface area contributed by atoms with Crippen molar-refractivity contribution >= 4 is 5.91 Å².